The third-order valence-corrected chi connectivity index (χ3v) is 4.28. The fraction of sp³-hybridized carbons (Fsp3) is 0.750. The highest BCUT2D eigenvalue weighted by molar-refractivity contribution is 5.20. The maximum Gasteiger partial charge on any atom is 0.120 e. The van der Waals surface area contributed by atoms with Crippen LogP contribution in [0.5, 0.6) is 0 Å². The summed E-state index contributed by atoms with van der Waals surface area (Å²) in [6.45, 7) is 6.52. The van der Waals surface area contributed by atoms with Crippen LogP contribution < -0.4 is 5.32 Å². The van der Waals surface area contributed by atoms with E-state index < -0.39 is 0 Å². The summed E-state index contributed by atoms with van der Waals surface area (Å²) >= 11 is 0. The van der Waals surface area contributed by atoms with E-state index in [1.807, 2.05) is 0 Å². The van der Waals surface area contributed by atoms with Crippen LogP contribution in [-0.2, 0) is 13.1 Å². The first-order valence-electron chi connectivity index (χ1n) is 7.85. The van der Waals surface area contributed by atoms with Crippen molar-refractivity contribution in [3.05, 3.63) is 23.2 Å². The molecule has 1 N–H and O–H groups in total. The number of nitrogens with one attached hydrogen (secondary N) is 1. The number of rotatable bonds is 5. The molecule has 0 amide bonds. The molecule has 1 aromatic heterocycles. The SMILES string of the molecule is Cc1cc(CN2CCCCCC2)oc1CNC1CC1. The molecular formula is C16H26N2O. The van der Waals surface area contributed by atoms with E-state index in [0.717, 1.165) is 30.7 Å². The van der Waals surface area contributed by atoms with E-state index in [-0.39, 0.29) is 0 Å². The molecule has 1 saturated carbocycles. The van der Waals surface area contributed by atoms with E-state index in [4.69, 9.17) is 4.42 Å². The second kappa shape index (κ2) is 6.10. The van der Waals surface area contributed by atoms with Crippen LogP contribution in [0.2, 0.25) is 0 Å². The molecule has 106 valence electrons. The van der Waals surface area contributed by atoms with Crippen LogP contribution in [0.4, 0.5) is 0 Å². The fourth-order valence-corrected chi connectivity index (χ4v) is 2.88. The van der Waals surface area contributed by atoms with Crippen molar-refractivity contribution in [3.8, 4) is 0 Å². The van der Waals surface area contributed by atoms with E-state index in [9.17, 15) is 0 Å². The van der Waals surface area contributed by atoms with Gasteiger partial charge in [-0.25, -0.2) is 0 Å². The molecule has 0 radical (unpaired) electrons. The zero-order valence-electron chi connectivity index (χ0n) is 12.1. The molecule has 1 saturated heterocycles. The zero-order valence-corrected chi connectivity index (χ0v) is 12.1. The van der Waals surface area contributed by atoms with Crippen molar-refractivity contribution in [2.24, 2.45) is 0 Å². The molecule has 0 aromatic carbocycles. The summed E-state index contributed by atoms with van der Waals surface area (Å²) in [6.07, 6.45) is 8.14. The smallest absolute Gasteiger partial charge is 0.120 e. The predicted octanol–water partition coefficient (Wildman–Crippen LogP) is 3.22. The Morgan fingerprint density at radius 2 is 1.95 bits per heavy atom. The molecule has 2 fully saturated rings. The summed E-state index contributed by atoms with van der Waals surface area (Å²) in [5, 5.41) is 3.53. The molecule has 3 nitrogen and oxygen atoms in total. The first-order valence-corrected chi connectivity index (χ1v) is 7.85. The lowest BCUT2D eigenvalue weighted by Crippen LogP contribution is -2.23. The van der Waals surface area contributed by atoms with Gasteiger partial charge in [0.05, 0.1) is 13.1 Å². The molecule has 0 bridgehead atoms. The number of furan rings is 1. The van der Waals surface area contributed by atoms with E-state index in [1.165, 1.54) is 57.2 Å². The molecule has 1 aromatic rings. The molecule has 3 rings (SSSR count). The lowest BCUT2D eigenvalue weighted by Gasteiger charge is -2.17. The molecule has 19 heavy (non-hydrogen) atoms. The monoisotopic (exact) mass is 262 g/mol. The quantitative estimate of drug-likeness (QED) is 0.883. The Morgan fingerprint density at radius 3 is 2.63 bits per heavy atom. The van der Waals surface area contributed by atoms with Gasteiger partial charge in [-0.3, -0.25) is 4.90 Å². The minimum atomic E-state index is 0.749. The summed E-state index contributed by atoms with van der Waals surface area (Å²) in [5.74, 6) is 2.28. The average Bonchev–Trinajstić information content (AvgIpc) is 3.17. The second-order valence-electron chi connectivity index (χ2n) is 6.16. The summed E-state index contributed by atoms with van der Waals surface area (Å²) in [4.78, 5) is 2.55. The minimum Gasteiger partial charge on any atom is -0.463 e. The first kappa shape index (κ1) is 13.2. The van der Waals surface area contributed by atoms with Crippen LogP contribution in [0.25, 0.3) is 0 Å². The number of hydrogen-bond donors (Lipinski definition) is 1. The highest BCUT2D eigenvalue weighted by atomic mass is 16.3. The zero-order chi connectivity index (χ0) is 13.1. The van der Waals surface area contributed by atoms with E-state index >= 15 is 0 Å². The Balaban J connectivity index is 1.55. The van der Waals surface area contributed by atoms with Crippen LogP contribution in [-0.4, -0.2) is 24.0 Å². The molecule has 2 heterocycles. The third-order valence-electron chi connectivity index (χ3n) is 4.28. The van der Waals surface area contributed by atoms with Crippen molar-refractivity contribution in [1.29, 1.82) is 0 Å². The van der Waals surface area contributed by atoms with E-state index in [1.54, 1.807) is 0 Å². The number of aryl methyl sites for hydroxylation is 1. The van der Waals surface area contributed by atoms with Crippen molar-refractivity contribution in [1.82, 2.24) is 10.2 Å². The topological polar surface area (TPSA) is 28.4 Å². The van der Waals surface area contributed by atoms with Gasteiger partial charge in [0, 0.05) is 6.04 Å². The third kappa shape index (κ3) is 3.83. The molecule has 2 aliphatic rings. The normalized spacial score (nSPS) is 21.5. The number of hydrogen-bond acceptors (Lipinski definition) is 3. The van der Waals surface area contributed by atoms with Crippen LogP contribution in [0.15, 0.2) is 10.5 Å². The fourth-order valence-electron chi connectivity index (χ4n) is 2.88. The number of likely N-dealkylation sites (tertiary alicyclic amines) is 1. The van der Waals surface area contributed by atoms with Gasteiger partial charge in [0.25, 0.3) is 0 Å². The molecule has 0 spiro atoms. The van der Waals surface area contributed by atoms with Gasteiger partial charge in [-0.1, -0.05) is 12.8 Å². The van der Waals surface area contributed by atoms with E-state index in [0.29, 0.717) is 0 Å². The maximum absolute atomic E-state index is 6.03. The molecule has 1 aliphatic heterocycles. The van der Waals surface area contributed by atoms with Crippen LogP contribution in [0.1, 0.15) is 55.6 Å². The highest BCUT2D eigenvalue weighted by Gasteiger charge is 2.21. The predicted molar refractivity (Wildman–Crippen MR) is 77.1 cm³/mol. The Labute approximate surface area is 116 Å². The standard InChI is InChI=1S/C16H26N2O/c1-13-10-15(12-18-8-4-2-3-5-9-18)19-16(13)11-17-14-6-7-14/h10,14,17H,2-9,11-12H2,1H3. The molecule has 0 atom stereocenters. The van der Waals surface area contributed by atoms with Gasteiger partial charge in [0.2, 0.25) is 0 Å². The average molecular weight is 262 g/mol. The van der Waals surface area contributed by atoms with Gasteiger partial charge in [-0.05, 0) is 57.3 Å². The Morgan fingerprint density at radius 1 is 1.21 bits per heavy atom. The Kier molecular flexibility index (Phi) is 4.24. The molecule has 3 heteroatoms. The van der Waals surface area contributed by atoms with Gasteiger partial charge in [0.15, 0.2) is 0 Å². The van der Waals surface area contributed by atoms with E-state index in [2.05, 4.69) is 23.2 Å². The van der Waals surface area contributed by atoms with Crippen molar-refractivity contribution >= 4 is 0 Å². The van der Waals surface area contributed by atoms with Crippen LogP contribution in [0.3, 0.4) is 0 Å². The molecule has 0 unspecified atom stereocenters. The van der Waals surface area contributed by atoms with Crippen LogP contribution >= 0.6 is 0 Å². The largest absolute Gasteiger partial charge is 0.463 e. The Hall–Kier alpha value is -0.800. The molecular weight excluding hydrogens is 236 g/mol. The van der Waals surface area contributed by atoms with Crippen molar-refractivity contribution < 1.29 is 4.42 Å². The second-order valence-corrected chi connectivity index (χ2v) is 6.16. The lowest BCUT2D eigenvalue weighted by molar-refractivity contribution is 0.250. The summed E-state index contributed by atoms with van der Waals surface area (Å²) < 4.78 is 6.03. The van der Waals surface area contributed by atoms with Gasteiger partial charge >= 0.3 is 0 Å². The minimum absolute atomic E-state index is 0.749. The van der Waals surface area contributed by atoms with Crippen molar-refractivity contribution in [2.75, 3.05) is 13.1 Å². The summed E-state index contributed by atoms with van der Waals surface area (Å²) in [6, 6.07) is 2.98. The number of nitrogens with zero attached hydrogens (tertiary/aromatic N) is 1. The Bertz CT molecular complexity index is 401. The van der Waals surface area contributed by atoms with Crippen molar-refractivity contribution in [3.63, 3.8) is 0 Å². The van der Waals surface area contributed by atoms with Gasteiger partial charge in [-0.2, -0.15) is 0 Å². The van der Waals surface area contributed by atoms with Crippen molar-refractivity contribution in [2.45, 2.75) is 64.6 Å². The van der Waals surface area contributed by atoms with Gasteiger partial charge in [-0.15, -0.1) is 0 Å². The first-order chi connectivity index (χ1) is 9.31. The van der Waals surface area contributed by atoms with Gasteiger partial charge < -0.3 is 9.73 Å². The highest BCUT2D eigenvalue weighted by Crippen LogP contribution is 2.22. The lowest BCUT2D eigenvalue weighted by atomic mass is 10.2. The summed E-state index contributed by atoms with van der Waals surface area (Å²) in [7, 11) is 0. The summed E-state index contributed by atoms with van der Waals surface area (Å²) in [5.41, 5.74) is 1.30. The molecule has 1 aliphatic carbocycles. The maximum atomic E-state index is 6.03. The van der Waals surface area contributed by atoms with Gasteiger partial charge in [0.1, 0.15) is 11.5 Å². The van der Waals surface area contributed by atoms with Crippen LogP contribution in [0, 0.1) is 6.92 Å².